The number of hydrogen-bond acceptors (Lipinski definition) is 2. The van der Waals surface area contributed by atoms with Crippen LogP contribution in [0.2, 0.25) is 0 Å². The lowest BCUT2D eigenvalue weighted by atomic mass is 9.99. The van der Waals surface area contributed by atoms with Crippen LogP contribution < -0.4 is 0 Å². The van der Waals surface area contributed by atoms with Gasteiger partial charge in [0, 0.05) is 0 Å². The molecule has 0 rings (SSSR count). The Morgan fingerprint density at radius 1 is 1.56 bits per heavy atom. The Bertz CT molecular complexity index is 104. The van der Waals surface area contributed by atoms with Gasteiger partial charge in [-0.2, -0.15) is 0 Å². The molecule has 0 saturated heterocycles. The van der Waals surface area contributed by atoms with Crippen molar-refractivity contribution in [3.63, 3.8) is 0 Å². The van der Waals surface area contributed by atoms with Crippen LogP contribution in [0.25, 0.3) is 0 Å². The molecule has 0 aromatic rings. The normalized spacial score (nSPS) is 11.1. The third kappa shape index (κ3) is 7.40. The van der Waals surface area contributed by atoms with Crippen LogP contribution in [0.15, 0.2) is 0 Å². The van der Waals surface area contributed by atoms with Crippen molar-refractivity contribution < 1.29 is 13.9 Å². The van der Waals surface area contributed by atoms with Crippen LogP contribution in [0.1, 0.15) is 20.8 Å². The van der Waals surface area contributed by atoms with E-state index >= 15 is 0 Å². The highest BCUT2D eigenvalue weighted by Crippen LogP contribution is 2.12. The second-order valence-electron chi connectivity index (χ2n) is 3.09. The Morgan fingerprint density at radius 2 is 2.00 bits per heavy atom. The van der Waals surface area contributed by atoms with Gasteiger partial charge in [-0.1, -0.05) is 20.8 Å². The van der Waals surface area contributed by atoms with Crippen LogP contribution in [0, 0.1) is 5.41 Å². The summed E-state index contributed by atoms with van der Waals surface area (Å²) in [6, 6.07) is 0. The molecule has 0 heterocycles. The smallest absolute Gasteiger partial charge is 0.440 e. The summed E-state index contributed by atoms with van der Waals surface area (Å²) in [5.41, 5.74) is -0.151. The van der Waals surface area contributed by atoms with E-state index in [-0.39, 0.29) is 12.0 Å². The van der Waals surface area contributed by atoms with E-state index in [1.807, 2.05) is 20.8 Å². The first-order valence-corrected chi connectivity index (χ1v) is 2.74. The molecule has 3 heteroatoms. The summed E-state index contributed by atoms with van der Waals surface area (Å²) in [5, 5.41) is 0. The third-order valence-corrected chi connectivity index (χ3v) is 0.619. The fraction of sp³-hybridized carbons (Fsp3) is 0.833. The number of rotatable bonds is 1. The molecule has 0 unspecified atom stereocenters. The first-order valence-electron chi connectivity index (χ1n) is 2.74. The van der Waals surface area contributed by atoms with Gasteiger partial charge in [0.1, 0.15) is 0 Å². The molecule has 0 amide bonds. The lowest BCUT2D eigenvalue weighted by Gasteiger charge is -2.15. The van der Waals surface area contributed by atoms with E-state index in [1.54, 1.807) is 0 Å². The van der Waals surface area contributed by atoms with Crippen molar-refractivity contribution in [2.75, 3.05) is 6.61 Å². The van der Waals surface area contributed by atoms with Crippen LogP contribution in [-0.2, 0) is 4.74 Å². The molecule has 0 aliphatic heterocycles. The summed E-state index contributed by atoms with van der Waals surface area (Å²) in [5.74, 6) is 0. The summed E-state index contributed by atoms with van der Waals surface area (Å²) in [6.07, 6.45) is -1.70. The predicted molar refractivity (Wildman–Crippen MR) is 31.9 cm³/mol. The number of halogens is 1. The molecule has 54 valence electrons. The minimum absolute atomic E-state index is 0.127. The molecule has 0 bridgehead atoms. The zero-order valence-corrected chi connectivity index (χ0v) is 5.90. The fourth-order valence-corrected chi connectivity index (χ4v) is 0.273. The molecule has 9 heavy (non-hydrogen) atoms. The second-order valence-corrected chi connectivity index (χ2v) is 3.09. The number of hydrogen-bond donors (Lipinski definition) is 0. The highest BCUT2D eigenvalue weighted by molar-refractivity contribution is 5.57. The average Bonchev–Trinajstić information content (AvgIpc) is 1.59. The summed E-state index contributed by atoms with van der Waals surface area (Å²) in [6.45, 7) is 5.70. The minimum atomic E-state index is -1.70. The van der Waals surface area contributed by atoms with Gasteiger partial charge in [0.05, 0.1) is 6.61 Å². The van der Waals surface area contributed by atoms with E-state index in [0.717, 1.165) is 0 Å². The molecule has 0 radical (unpaired) electrons. The predicted octanol–water partition coefficient (Wildman–Crippen LogP) is 2.14. The Morgan fingerprint density at radius 3 is 2.11 bits per heavy atom. The van der Waals surface area contributed by atoms with E-state index in [1.165, 1.54) is 0 Å². The topological polar surface area (TPSA) is 26.3 Å². The van der Waals surface area contributed by atoms with Crippen molar-refractivity contribution in [1.82, 2.24) is 0 Å². The molecule has 0 fully saturated rings. The van der Waals surface area contributed by atoms with Crippen molar-refractivity contribution in [2.45, 2.75) is 20.8 Å². The largest absolute Gasteiger partial charge is 0.495 e. The van der Waals surface area contributed by atoms with Gasteiger partial charge in [-0.05, 0) is 5.41 Å². The Balaban J connectivity index is 3.39. The molecular weight excluding hydrogens is 123 g/mol. The molecule has 0 atom stereocenters. The summed E-state index contributed by atoms with van der Waals surface area (Å²) < 4.78 is 15.5. The maximum Gasteiger partial charge on any atom is 0.495 e. The molecule has 0 aromatic carbocycles. The average molecular weight is 134 g/mol. The number of carbonyl (C=O) groups excluding carboxylic acids is 1. The second kappa shape index (κ2) is 2.80. The van der Waals surface area contributed by atoms with Crippen molar-refractivity contribution in [2.24, 2.45) is 5.41 Å². The molecule has 0 aliphatic rings. The monoisotopic (exact) mass is 134 g/mol. The van der Waals surface area contributed by atoms with Gasteiger partial charge < -0.3 is 4.74 Å². The highest BCUT2D eigenvalue weighted by Gasteiger charge is 2.12. The molecule has 0 spiro atoms. The van der Waals surface area contributed by atoms with Gasteiger partial charge in [-0.3, -0.25) is 0 Å². The van der Waals surface area contributed by atoms with Crippen LogP contribution in [0.5, 0.6) is 0 Å². The Kier molecular flexibility index (Phi) is 2.62. The molecule has 0 aliphatic carbocycles. The van der Waals surface area contributed by atoms with Crippen LogP contribution in [0.4, 0.5) is 9.18 Å². The van der Waals surface area contributed by atoms with Crippen LogP contribution in [0.3, 0.4) is 0 Å². The van der Waals surface area contributed by atoms with Gasteiger partial charge in [0.2, 0.25) is 0 Å². The standard InChI is InChI=1S/C6H11FO2/c1-6(2,3)4-9-5(7)8/h4H2,1-3H3. The highest BCUT2D eigenvalue weighted by atomic mass is 19.1. The molecule has 0 aromatic heterocycles. The zero-order chi connectivity index (χ0) is 7.49. The maximum atomic E-state index is 11.4. The van der Waals surface area contributed by atoms with Crippen LogP contribution >= 0.6 is 0 Å². The van der Waals surface area contributed by atoms with Crippen molar-refractivity contribution in [1.29, 1.82) is 0 Å². The van der Waals surface area contributed by atoms with Crippen molar-refractivity contribution >= 4 is 6.22 Å². The van der Waals surface area contributed by atoms with Gasteiger partial charge in [-0.25, -0.2) is 4.79 Å². The first kappa shape index (κ1) is 8.40. The minimum Gasteiger partial charge on any atom is -0.440 e. The third-order valence-electron chi connectivity index (χ3n) is 0.619. The summed E-state index contributed by atoms with van der Waals surface area (Å²) in [7, 11) is 0. The number of ether oxygens (including phenoxy) is 1. The molecule has 0 saturated carbocycles. The van der Waals surface area contributed by atoms with Gasteiger partial charge in [-0.15, -0.1) is 4.39 Å². The lowest BCUT2D eigenvalue weighted by Crippen LogP contribution is -2.15. The van der Waals surface area contributed by atoms with E-state index in [2.05, 4.69) is 4.74 Å². The van der Waals surface area contributed by atoms with E-state index in [4.69, 9.17) is 0 Å². The molecule has 2 nitrogen and oxygen atoms in total. The van der Waals surface area contributed by atoms with E-state index in [0.29, 0.717) is 0 Å². The zero-order valence-electron chi connectivity index (χ0n) is 5.90. The van der Waals surface area contributed by atoms with Gasteiger partial charge >= 0.3 is 6.22 Å². The first-order chi connectivity index (χ1) is 3.92. The van der Waals surface area contributed by atoms with E-state index < -0.39 is 6.22 Å². The van der Waals surface area contributed by atoms with Crippen molar-refractivity contribution in [3.05, 3.63) is 0 Å². The molecule has 0 N–H and O–H groups in total. The van der Waals surface area contributed by atoms with Gasteiger partial charge in [0.25, 0.3) is 0 Å². The summed E-state index contributed by atoms with van der Waals surface area (Å²) >= 11 is 0. The molecular formula is C6H11FO2. The SMILES string of the molecule is CC(C)(C)COC(=O)F. The summed E-state index contributed by atoms with van der Waals surface area (Å²) in [4.78, 5) is 9.60. The van der Waals surface area contributed by atoms with Crippen molar-refractivity contribution in [3.8, 4) is 0 Å². The Labute approximate surface area is 54.0 Å². The fourth-order valence-electron chi connectivity index (χ4n) is 0.273. The number of carbonyl (C=O) groups is 1. The Hall–Kier alpha value is -0.600. The van der Waals surface area contributed by atoms with Crippen LogP contribution in [-0.4, -0.2) is 12.8 Å². The van der Waals surface area contributed by atoms with Gasteiger partial charge in [0.15, 0.2) is 0 Å². The van der Waals surface area contributed by atoms with E-state index in [9.17, 15) is 9.18 Å². The quantitative estimate of drug-likeness (QED) is 0.513. The lowest BCUT2D eigenvalue weighted by molar-refractivity contribution is 0.0855. The maximum absolute atomic E-state index is 11.4.